The molecule has 0 aliphatic carbocycles. The van der Waals surface area contributed by atoms with Crippen molar-refractivity contribution in [1.82, 2.24) is 0 Å². The predicted octanol–water partition coefficient (Wildman–Crippen LogP) is 7.96. The van der Waals surface area contributed by atoms with Crippen LogP contribution in [-0.4, -0.2) is 35.8 Å². The SMILES string of the molecule is CCCCCCCCCCCC(=O)[O-].CCCCCCCCCCCC(=O)[O-].CCCCc1ccccc1.[Sn+2]. The number of carboxylic acids is 2. The van der Waals surface area contributed by atoms with Crippen molar-refractivity contribution in [1.29, 1.82) is 0 Å². The molecule has 0 aliphatic rings. The van der Waals surface area contributed by atoms with Gasteiger partial charge in [-0.15, -0.1) is 0 Å². The van der Waals surface area contributed by atoms with Gasteiger partial charge >= 0.3 is 23.9 Å². The van der Waals surface area contributed by atoms with Crippen molar-refractivity contribution in [3.8, 4) is 0 Å². The Morgan fingerprint density at radius 2 is 0.795 bits per heavy atom. The van der Waals surface area contributed by atoms with Gasteiger partial charge in [-0.2, -0.15) is 0 Å². The van der Waals surface area contributed by atoms with E-state index in [0.29, 0.717) is 0 Å². The number of benzene rings is 1. The van der Waals surface area contributed by atoms with Crippen molar-refractivity contribution in [3.63, 3.8) is 0 Å². The number of unbranched alkanes of at least 4 members (excludes halogenated alkanes) is 17. The first-order chi connectivity index (χ1) is 18.5. The van der Waals surface area contributed by atoms with Gasteiger partial charge in [-0.1, -0.05) is 160 Å². The summed E-state index contributed by atoms with van der Waals surface area (Å²) in [5.41, 5.74) is 1.46. The zero-order chi connectivity index (χ0) is 28.5. The van der Waals surface area contributed by atoms with Gasteiger partial charge in [-0.05, 0) is 44.1 Å². The van der Waals surface area contributed by atoms with Crippen LogP contribution in [0.3, 0.4) is 0 Å². The average Bonchev–Trinajstić information content (AvgIpc) is 2.91. The first kappa shape index (κ1) is 42.4. The number of hydrogen-bond acceptors (Lipinski definition) is 4. The number of carbonyl (C=O) groups is 2. The van der Waals surface area contributed by atoms with Crippen LogP contribution >= 0.6 is 0 Å². The molecule has 0 N–H and O–H groups in total. The molecule has 0 bridgehead atoms. The van der Waals surface area contributed by atoms with Gasteiger partial charge in [0.15, 0.2) is 0 Å². The summed E-state index contributed by atoms with van der Waals surface area (Å²) in [6, 6.07) is 10.6. The Balaban J connectivity index is -0.000000499. The third-order valence-electron chi connectivity index (χ3n) is 6.63. The van der Waals surface area contributed by atoms with Gasteiger partial charge in [0.25, 0.3) is 0 Å². The molecule has 0 aromatic heterocycles. The average molecular weight is 652 g/mol. The Morgan fingerprint density at radius 1 is 0.487 bits per heavy atom. The Labute approximate surface area is 259 Å². The van der Waals surface area contributed by atoms with E-state index in [9.17, 15) is 19.8 Å². The maximum Gasteiger partial charge on any atom is 2.00 e. The van der Waals surface area contributed by atoms with Crippen LogP contribution in [0.15, 0.2) is 30.3 Å². The summed E-state index contributed by atoms with van der Waals surface area (Å²) in [5.74, 6) is -1.82. The molecule has 4 nitrogen and oxygen atoms in total. The topological polar surface area (TPSA) is 80.3 Å². The Kier molecular flexibility index (Phi) is 40.2. The molecule has 0 amide bonds. The van der Waals surface area contributed by atoms with E-state index in [0.717, 1.165) is 25.7 Å². The monoisotopic (exact) mass is 652 g/mol. The summed E-state index contributed by atoms with van der Waals surface area (Å²) in [4.78, 5) is 20.2. The summed E-state index contributed by atoms with van der Waals surface area (Å²) in [6.45, 7) is 6.67. The summed E-state index contributed by atoms with van der Waals surface area (Å²) in [6.07, 6.45) is 26.2. The van der Waals surface area contributed by atoms with Crippen LogP contribution in [0.25, 0.3) is 0 Å². The van der Waals surface area contributed by atoms with E-state index in [-0.39, 0.29) is 36.7 Å². The zero-order valence-corrected chi connectivity index (χ0v) is 28.6. The van der Waals surface area contributed by atoms with E-state index >= 15 is 0 Å². The van der Waals surface area contributed by atoms with Gasteiger partial charge in [0.1, 0.15) is 0 Å². The van der Waals surface area contributed by atoms with Crippen molar-refractivity contribution >= 4 is 35.8 Å². The molecule has 0 spiro atoms. The first-order valence-electron chi connectivity index (χ1n) is 15.9. The summed E-state index contributed by atoms with van der Waals surface area (Å²) in [5, 5.41) is 20.2. The van der Waals surface area contributed by atoms with E-state index in [2.05, 4.69) is 51.1 Å². The second-order valence-corrected chi connectivity index (χ2v) is 10.5. The summed E-state index contributed by atoms with van der Waals surface area (Å²) < 4.78 is 0. The second kappa shape index (κ2) is 37.0. The molecule has 1 rings (SSSR count). The standard InChI is InChI=1S/2C12H24O2.C10H14.Sn/c2*1-2-3-4-5-6-7-8-9-10-11-12(13)14;1-2-3-7-10-8-5-4-6-9-10;/h2*2-11H2,1H3,(H,13,14);4-6,8-9H,2-3,7H2,1H3;/q;;;+2/p-2. The Bertz CT molecular complexity index is 574. The maximum absolute atomic E-state index is 10.1. The molecule has 224 valence electrons. The molecular formula is C34H60O4Sn. The van der Waals surface area contributed by atoms with Gasteiger partial charge in [-0.3, -0.25) is 0 Å². The van der Waals surface area contributed by atoms with Gasteiger partial charge in [0.2, 0.25) is 0 Å². The minimum Gasteiger partial charge on any atom is -0.550 e. The summed E-state index contributed by atoms with van der Waals surface area (Å²) in [7, 11) is 0. The van der Waals surface area contributed by atoms with Crippen molar-refractivity contribution in [2.45, 2.75) is 168 Å². The van der Waals surface area contributed by atoms with Crippen molar-refractivity contribution in [2.75, 3.05) is 0 Å². The number of rotatable bonds is 23. The largest absolute Gasteiger partial charge is 2.00 e. The third-order valence-corrected chi connectivity index (χ3v) is 6.63. The van der Waals surface area contributed by atoms with Crippen LogP contribution in [0.5, 0.6) is 0 Å². The minimum absolute atomic E-state index is 0. The van der Waals surface area contributed by atoms with Gasteiger partial charge in [-0.25, -0.2) is 0 Å². The molecule has 1 aromatic rings. The minimum atomic E-state index is -0.909. The van der Waals surface area contributed by atoms with Gasteiger partial charge in [0.05, 0.1) is 0 Å². The van der Waals surface area contributed by atoms with Crippen LogP contribution < -0.4 is 10.2 Å². The molecule has 0 fully saturated rings. The molecule has 0 heterocycles. The first-order valence-corrected chi connectivity index (χ1v) is 15.9. The Hall–Kier alpha value is -1.04. The number of aliphatic carboxylic acids is 2. The van der Waals surface area contributed by atoms with Crippen LogP contribution in [0.4, 0.5) is 0 Å². The van der Waals surface area contributed by atoms with Gasteiger partial charge in [0, 0.05) is 11.9 Å². The fourth-order valence-electron chi connectivity index (χ4n) is 4.19. The van der Waals surface area contributed by atoms with E-state index in [1.165, 1.54) is 115 Å². The smallest absolute Gasteiger partial charge is 0.550 e. The van der Waals surface area contributed by atoms with E-state index in [1.807, 2.05) is 0 Å². The van der Waals surface area contributed by atoms with Crippen LogP contribution in [0, 0.1) is 0 Å². The number of aryl methyl sites for hydroxylation is 1. The molecule has 2 radical (unpaired) electrons. The molecule has 0 unspecified atom stereocenters. The van der Waals surface area contributed by atoms with Crippen LogP contribution in [0.1, 0.15) is 168 Å². The van der Waals surface area contributed by atoms with Crippen molar-refractivity contribution in [2.24, 2.45) is 0 Å². The number of hydrogen-bond donors (Lipinski definition) is 0. The molecule has 5 heteroatoms. The van der Waals surface area contributed by atoms with Crippen molar-refractivity contribution in [3.05, 3.63) is 35.9 Å². The molecular weight excluding hydrogens is 591 g/mol. The van der Waals surface area contributed by atoms with E-state index in [4.69, 9.17) is 0 Å². The maximum atomic E-state index is 10.1. The zero-order valence-electron chi connectivity index (χ0n) is 25.8. The molecule has 1 aromatic carbocycles. The molecule has 39 heavy (non-hydrogen) atoms. The predicted molar refractivity (Wildman–Crippen MR) is 165 cm³/mol. The van der Waals surface area contributed by atoms with E-state index < -0.39 is 11.9 Å². The molecule has 0 aliphatic heterocycles. The van der Waals surface area contributed by atoms with Crippen LogP contribution in [0.2, 0.25) is 0 Å². The van der Waals surface area contributed by atoms with Gasteiger partial charge < -0.3 is 19.8 Å². The normalized spacial score (nSPS) is 9.92. The Morgan fingerprint density at radius 3 is 1.10 bits per heavy atom. The summed E-state index contributed by atoms with van der Waals surface area (Å²) >= 11 is 0. The molecule has 0 saturated carbocycles. The quantitative estimate of drug-likeness (QED) is 0.0889. The van der Waals surface area contributed by atoms with Crippen LogP contribution in [-0.2, 0) is 16.0 Å². The van der Waals surface area contributed by atoms with E-state index in [1.54, 1.807) is 0 Å². The number of carbonyl (C=O) groups excluding carboxylic acids is 2. The fourth-order valence-corrected chi connectivity index (χ4v) is 4.19. The fraction of sp³-hybridized carbons (Fsp3) is 0.765. The third kappa shape index (κ3) is 41.6. The van der Waals surface area contributed by atoms with Crippen molar-refractivity contribution < 1.29 is 19.8 Å². The molecule has 0 atom stereocenters. The number of carboxylic acid groups (broad SMARTS) is 2. The second-order valence-electron chi connectivity index (χ2n) is 10.5. The molecule has 0 saturated heterocycles.